The Labute approximate surface area is 122 Å². The summed E-state index contributed by atoms with van der Waals surface area (Å²) in [5, 5.41) is 3.34. The predicted molar refractivity (Wildman–Crippen MR) is 84.9 cm³/mol. The molecule has 2 aromatic carbocycles. The molecular weight excluding hydrogens is 266 g/mol. The summed E-state index contributed by atoms with van der Waals surface area (Å²) in [6, 6.07) is 18.4. The molecule has 1 aromatic heterocycles. The minimum absolute atomic E-state index is 0.135. The molecule has 0 aliphatic heterocycles. The van der Waals surface area contributed by atoms with Gasteiger partial charge in [-0.25, -0.2) is 0 Å². The van der Waals surface area contributed by atoms with E-state index in [2.05, 4.69) is 41.8 Å². The number of benzene rings is 2. The van der Waals surface area contributed by atoms with Crippen molar-refractivity contribution in [1.82, 2.24) is 0 Å². The topological polar surface area (TPSA) is 35.2 Å². The summed E-state index contributed by atoms with van der Waals surface area (Å²) in [4.78, 5) is 0. The molecule has 0 saturated heterocycles. The maximum absolute atomic E-state index is 6.49. The van der Waals surface area contributed by atoms with E-state index in [1.54, 1.807) is 18.4 Å². The zero-order valence-corrected chi connectivity index (χ0v) is 12.1. The predicted octanol–water partition coefficient (Wildman–Crippen LogP) is 4.29. The number of ether oxygens (including phenoxy) is 1. The maximum atomic E-state index is 6.49. The summed E-state index contributed by atoms with van der Waals surface area (Å²) >= 11 is 1.73. The average molecular weight is 283 g/mol. The SMILES string of the molecule is COC(c1ccccc1)C(N)c1cccc2ccsc12. The van der Waals surface area contributed by atoms with Gasteiger partial charge in [-0.3, -0.25) is 0 Å². The Hall–Kier alpha value is -1.68. The molecule has 0 bridgehead atoms. The van der Waals surface area contributed by atoms with Crippen LogP contribution in [0.1, 0.15) is 23.3 Å². The van der Waals surface area contributed by atoms with E-state index in [0.29, 0.717) is 0 Å². The molecule has 102 valence electrons. The van der Waals surface area contributed by atoms with Gasteiger partial charge in [-0.05, 0) is 28.0 Å². The summed E-state index contributed by atoms with van der Waals surface area (Å²) in [6.07, 6.45) is -0.135. The van der Waals surface area contributed by atoms with Crippen molar-refractivity contribution in [3.8, 4) is 0 Å². The van der Waals surface area contributed by atoms with Gasteiger partial charge < -0.3 is 10.5 Å². The first-order chi connectivity index (χ1) is 9.81. The molecule has 3 aromatic rings. The fraction of sp³-hybridized carbons (Fsp3) is 0.176. The Morgan fingerprint density at radius 1 is 1.00 bits per heavy atom. The lowest BCUT2D eigenvalue weighted by Gasteiger charge is -2.24. The first-order valence-electron chi connectivity index (χ1n) is 6.60. The fourth-order valence-corrected chi connectivity index (χ4v) is 3.54. The van der Waals surface area contributed by atoms with E-state index >= 15 is 0 Å². The molecule has 3 heteroatoms. The monoisotopic (exact) mass is 283 g/mol. The van der Waals surface area contributed by atoms with Crippen molar-refractivity contribution in [2.75, 3.05) is 7.11 Å². The summed E-state index contributed by atoms with van der Waals surface area (Å²) in [7, 11) is 1.71. The van der Waals surface area contributed by atoms with Gasteiger partial charge in [0.1, 0.15) is 6.10 Å². The van der Waals surface area contributed by atoms with Gasteiger partial charge in [0.15, 0.2) is 0 Å². The number of fused-ring (bicyclic) bond motifs is 1. The van der Waals surface area contributed by atoms with Gasteiger partial charge in [0.25, 0.3) is 0 Å². The molecule has 2 unspecified atom stereocenters. The highest BCUT2D eigenvalue weighted by Crippen LogP contribution is 2.35. The van der Waals surface area contributed by atoms with Gasteiger partial charge in [0.2, 0.25) is 0 Å². The molecule has 0 aliphatic rings. The number of rotatable bonds is 4. The Balaban J connectivity index is 2.02. The number of nitrogens with two attached hydrogens (primary N) is 1. The molecule has 2 nitrogen and oxygen atoms in total. The van der Waals surface area contributed by atoms with E-state index in [0.717, 1.165) is 11.1 Å². The summed E-state index contributed by atoms with van der Waals surface area (Å²) in [6.45, 7) is 0. The normalized spacial score (nSPS) is 14.3. The van der Waals surface area contributed by atoms with Crippen LogP contribution in [0.15, 0.2) is 60.0 Å². The first-order valence-corrected chi connectivity index (χ1v) is 7.48. The molecule has 0 spiro atoms. The van der Waals surface area contributed by atoms with Crippen molar-refractivity contribution < 1.29 is 4.74 Å². The first kappa shape index (κ1) is 13.3. The zero-order chi connectivity index (χ0) is 13.9. The third kappa shape index (κ3) is 2.36. The van der Waals surface area contributed by atoms with Gasteiger partial charge >= 0.3 is 0 Å². The highest BCUT2D eigenvalue weighted by Gasteiger charge is 2.22. The molecule has 0 fully saturated rings. The second-order valence-corrected chi connectivity index (χ2v) is 5.70. The third-order valence-electron chi connectivity index (χ3n) is 3.58. The Morgan fingerprint density at radius 2 is 1.80 bits per heavy atom. The number of thiophene rings is 1. The highest BCUT2D eigenvalue weighted by molar-refractivity contribution is 7.17. The van der Waals surface area contributed by atoms with E-state index in [4.69, 9.17) is 10.5 Å². The minimum Gasteiger partial charge on any atom is -0.375 e. The second-order valence-electron chi connectivity index (χ2n) is 4.78. The fourth-order valence-electron chi connectivity index (χ4n) is 2.57. The van der Waals surface area contributed by atoms with Gasteiger partial charge in [-0.1, -0.05) is 48.5 Å². The van der Waals surface area contributed by atoms with E-state index < -0.39 is 0 Å². The van der Waals surface area contributed by atoms with Crippen molar-refractivity contribution in [3.63, 3.8) is 0 Å². The van der Waals surface area contributed by atoms with E-state index in [1.807, 2.05) is 18.2 Å². The molecule has 20 heavy (non-hydrogen) atoms. The largest absolute Gasteiger partial charge is 0.375 e. The minimum atomic E-state index is -0.176. The molecular formula is C17H17NOS. The van der Waals surface area contributed by atoms with Crippen molar-refractivity contribution in [1.29, 1.82) is 0 Å². The standard InChI is InChI=1S/C17H17NOS/c1-19-16(12-6-3-2-4-7-12)15(18)14-9-5-8-13-10-11-20-17(13)14/h2-11,15-16H,18H2,1H3. The Kier molecular flexibility index (Phi) is 3.83. The molecule has 2 atom stereocenters. The van der Waals surface area contributed by atoms with E-state index in [-0.39, 0.29) is 12.1 Å². The van der Waals surface area contributed by atoms with Crippen LogP contribution in [-0.4, -0.2) is 7.11 Å². The lowest BCUT2D eigenvalue weighted by Crippen LogP contribution is -2.21. The molecule has 3 rings (SSSR count). The van der Waals surface area contributed by atoms with Crippen LogP contribution in [0, 0.1) is 0 Å². The zero-order valence-electron chi connectivity index (χ0n) is 11.3. The van der Waals surface area contributed by atoms with Crippen LogP contribution < -0.4 is 5.73 Å². The molecule has 1 heterocycles. The van der Waals surface area contributed by atoms with Gasteiger partial charge in [0, 0.05) is 11.8 Å². The second kappa shape index (κ2) is 5.75. The van der Waals surface area contributed by atoms with Gasteiger partial charge in [-0.15, -0.1) is 11.3 Å². The summed E-state index contributed by atoms with van der Waals surface area (Å²) < 4.78 is 6.91. The molecule has 2 N–H and O–H groups in total. The van der Waals surface area contributed by atoms with E-state index in [1.165, 1.54) is 10.1 Å². The Morgan fingerprint density at radius 3 is 2.55 bits per heavy atom. The Bertz CT molecular complexity index is 692. The van der Waals surface area contributed by atoms with Crippen LogP contribution in [0.2, 0.25) is 0 Å². The van der Waals surface area contributed by atoms with Crippen LogP contribution in [0.5, 0.6) is 0 Å². The third-order valence-corrected chi connectivity index (χ3v) is 4.56. The maximum Gasteiger partial charge on any atom is 0.101 e. The van der Waals surface area contributed by atoms with Crippen molar-refractivity contribution in [2.45, 2.75) is 12.1 Å². The van der Waals surface area contributed by atoms with Gasteiger partial charge in [-0.2, -0.15) is 0 Å². The molecule has 0 aliphatic carbocycles. The van der Waals surface area contributed by atoms with Crippen molar-refractivity contribution in [3.05, 3.63) is 71.1 Å². The van der Waals surface area contributed by atoms with Crippen LogP contribution >= 0.6 is 11.3 Å². The van der Waals surface area contributed by atoms with Crippen LogP contribution in [-0.2, 0) is 4.74 Å². The number of methoxy groups -OCH3 is 1. The van der Waals surface area contributed by atoms with Crippen molar-refractivity contribution >= 4 is 21.4 Å². The van der Waals surface area contributed by atoms with E-state index in [9.17, 15) is 0 Å². The summed E-state index contributed by atoms with van der Waals surface area (Å²) in [5.41, 5.74) is 8.74. The van der Waals surface area contributed by atoms with Crippen molar-refractivity contribution in [2.24, 2.45) is 5.73 Å². The quantitative estimate of drug-likeness (QED) is 0.775. The van der Waals surface area contributed by atoms with Crippen LogP contribution in [0.3, 0.4) is 0 Å². The van der Waals surface area contributed by atoms with Gasteiger partial charge in [0.05, 0.1) is 6.04 Å². The van der Waals surface area contributed by atoms with Crippen LogP contribution in [0.4, 0.5) is 0 Å². The lowest BCUT2D eigenvalue weighted by molar-refractivity contribution is 0.0806. The lowest BCUT2D eigenvalue weighted by atomic mass is 9.96. The summed E-state index contributed by atoms with van der Waals surface area (Å²) in [5.74, 6) is 0. The average Bonchev–Trinajstić information content (AvgIpc) is 2.97. The molecule has 0 amide bonds. The highest BCUT2D eigenvalue weighted by atomic mass is 32.1. The molecule has 0 radical (unpaired) electrons. The number of hydrogen-bond donors (Lipinski definition) is 1. The number of hydrogen-bond acceptors (Lipinski definition) is 3. The smallest absolute Gasteiger partial charge is 0.101 e. The van der Waals surface area contributed by atoms with Crippen LogP contribution in [0.25, 0.3) is 10.1 Å². The molecule has 0 saturated carbocycles.